The Balaban J connectivity index is 1.18. The van der Waals surface area contributed by atoms with Crippen molar-refractivity contribution in [1.82, 2.24) is 0 Å². The van der Waals surface area contributed by atoms with Crippen LogP contribution in [-0.2, 0) is 0 Å². The van der Waals surface area contributed by atoms with Crippen molar-refractivity contribution < 1.29 is 5.11 Å². The van der Waals surface area contributed by atoms with Gasteiger partial charge in [-0.2, -0.15) is 10.2 Å². The molecule has 0 radical (unpaired) electrons. The zero-order chi connectivity index (χ0) is 18.3. The second-order valence-electron chi connectivity index (χ2n) is 12.0. The minimum absolute atomic E-state index is 0.295. The Hall–Kier alpha value is -0.440. The van der Waals surface area contributed by atoms with Crippen LogP contribution >= 0.6 is 0 Å². The second kappa shape index (κ2) is 6.03. The number of rotatable bonds is 4. The highest BCUT2D eigenvalue weighted by Crippen LogP contribution is 2.60. The Labute approximate surface area is 164 Å². The van der Waals surface area contributed by atoms with Crippen LogP contribution in [0.3, 0.4) is 0 Å². The lowest BCUT2D eigenvalue weighted by molar-refractivity contribution is -0.134. The zero-order valence-corrected chi connectivity index (χ0v) is 17.3. The fourth-order valence-corrected chi connectivity index (χ4v) is 9.92. The van der Waals surface area contributed by atoms with Gasteiger partial charge in [-0.1, -0.05) is 0 Å². The largest absolute Gasteiger partial charge is 0.368 e. The number of nitrogens with zero attached hydrogens (tertiary/aromatic N) is 2. The van der Waals surface area contributed by atoms with Crippen LogP contribution in [0.25, 0.3) is 0 Å². The summed E-state index contributed by atoms with van der Waals surface area (Å²) in [6.45, 7) is 4.27. The van der Waals surface area contributed by atoms with Crippen LogP contribution in [0.4, 0.5) is 0 Å². The Kier molecular flexibility index (Phi) is 3.89. The Morgan fingerprint density at radius 3 is 1.56 bits per heavy atom. The van der Waals surface area contributed by atoms with Gasteiger partial charge >= 0.3 is 0 Å². The zero-order valence-electron chi connectivity index (χ0n) is 17.3. The fraction of sp³-hybridized carbons (Fsp3) is 1.00. The topological polar surface area (TPSA) is 45.0 Å². The van der Waals surface area contributed by atoms with Crippen molar-refractivity contribution in [1.29, 1.82) is 0 Å². The summed E-state index contributed by atoms with van der Waals surface area (Å²) in [6, 6.07) is 0.295. The van der Waals surface area contributed by atoms with E-state index in [1.54, 1.807) is 0 Å². The highest BCUT2D eigenvalue weighted by Gasteiger charge is 2.55. The standard InChI is InChI=1S/C24H38N2O/c1-13(22-18-5-14-3-15(7-18)8-19(22)6-14)25-26-24(2,27)23-20-9-16-4-17(11-20)12-21(23)10-16/h13-23,27H,3-12H2,1-2H3. The van der Waals surface area contributed by atoms with Gasteiger partial charge in [-0.25, -0.2) is 0 Å². The molecule has 2 unspecified atom stereocenters. The summed E-state index contributed by atoms with van der Waals surface area (Å²) in [6.07, 6.45) is 14.1. The van der Waals surface area contributed by atoms with E-state index < -0.39 is 5.72 Å². The molecule has 8 bridgehead atoms. The lowest BCUT2D eigenvalue weighted by atomic mass is 9.50. The molecule has 8 fully saturated rings. The third kappa shape index (κ3) is 2.77. The van der Waals surface area contributed by atoms with Gasteiger partial charge in [0.1, 0.15) is 0 Å². The molecule has 3 nitrogen and oxygen atoms in total. The predicted octanol–water partition coefficient (Wildman–Crippen LogP) is 5.68. The van der Waals surface area contributed by atoms with Crippen molar-refractivity contribution in [2.45, 2.75) is 89.8 Å². The van der Waals surface area contributed by atoms with Gasteiger partial charge in [-0.05, 0) is 131 Å². The van der Waals surface area contributed by atoms with Crippen LogP contribution in [0.15, 0.2) is 10.2 Å². The average Bonchev–Trinajstić information content (AvgIpc) is 2.58. The van der Waals surface area contributed by atoms with E-state index in [9.17, 15) is 5.11 Å². The number of hydrogen-bond donors (Lipinski definition) is 1. The summed E-state index contributed by atoms with van der Waals surface area (Å²) in [7, 11) is 0. The molecule has 150 valence electrons. The number of azo groups is 1. The average molecular weight is 371 g/mol. The summed E-state index contributed by atoms with van der Waals surface area (Å²) in [4.78, 5) is 0. The summed E-state index contributed by atoms with van der Waals surface area (Å²) in [5.74, 6) is 8.21. The molecule has 0 aromatic carbocycles. The van der Waals surface area contributed by atoms with Crippen LogP contribution in [0.1, 0.15) is 78.1 Å². The normalized spacial score (nSPS) is 56.0. The van der Waals surface area contributed by atoms with Crippen molar-refractivity contribution in [3.63, 3.8) is 0 Å². The summed E-state index contributed by atoms with van der Waals surface area (Å²) in [5, 5.41) is 20.9. The summed E-state index contributed by atoms with van der Waals surface area (Å²) < 4.78 is 0. The van der Waals surface area contributed by atoms with Gasteiger partial charge in [-0.3, -0.25) is 0 Å². The van der Waals surface area contributed by atoms with E-state index in [-0.39, 0.29) is 0 Å². The van der Waals surface area contributed by atoms with Crippen LogP contribution < -0.4 is 0 Å². The van der Waals surface area contributed by atoms with Gasteiger partial charge in [0.25, 0.3) is 0 Å². The van der Waals surface area contributed by atoms with Crippen LogP contribution in [0, 0.1) is 59.2 Å². The Morgan fingerprint density at radius 2 is 1.11 bits per heavy atom. The van der Waals surface area contributed by atoms with E-state index in [0.29, 0.717) is 23.8 Å². The van der Waals surface area contributed by atoms with E-state index in [1.165, 1.54) is 64.2 Å². The maximum Gasteiger partial charge on any atom is 0.176 e. The van der Waals surface area contributed by atoms with Gasteiger partial charge in [0.05, 0.1) is 6.04 Å². The maximum absolute atomic E-state index is 11.4. The molecule has 0 spiro atoms. The van der Waals surface area contributed by atoms with E-state index in [4.69, 9.17) is 10.2 Å². The van der Waals surface area contributed by atoms with Crippen molar-refractivity contribution in [2.24, 2.45) is 69.4 Å². The minimum atomic E-state index is -0.942. The highest BCUT2D eigenvalue weighted by atomic mass is 16.3. The Morgan fingerprint density at radius 1 is 0.704 bits per heavy atom. The Bertz CT molecular complexity index is 570. The van der Waals surface area contributed by atoms with Crippen LogP contribution in [-0.4, -0.2) is 16.9 Å². The molecule has 27 heavy (non-hydrogen) atoms. The molecule has 0 aliphatic heterocycles. The van der Waals surface area contributed by atoms with Crippen molar-refractivity contribution >= 4 is 0 Å². The minimum Gasteiger partial charge on any atom is -0.368 e. The van der Waals surface area contributed by atoms with Crippen molar-refractivity contribution in [3.05, 3.63) is 0 Å². The molecule has 0 amide bonds. The second-order valence-corrected chi connectivity index (χ2v) is 12.0. The molecular formula is C24H38N2O. The molecule has 2 atom stereocenters. The smallest absolute Gasteiger partial charge is 0.176 e. The molecule has 0 aromatic rings. The van der Waals surface area contributed by atoms with E-state index in [1.807, 2.05) is 6.92 Å². The highest BCUT2D eigenvalue weighted by molar-refractivity contribution is 5.04. The predicted molar refractivity (Wildman–Crippen MR) is 106 cm³/mol. The molecule has 8 aliphatic carbocycles. The lowest BCUT2D eigenvalue weighted by Crippen LogP contribution is -2.53. The van der Waals surface area contributed by atoms with E-state index in [0.717, 1.165) is 41.4 Å². The molecule has 0 heterocycles. The SMILES string of the molecule is CC(N=NC(C)(O)C1C2CC3CC(C2)CC1C3)C1C2CC3CC(C2)CC1C3. The van der Waals surface area contributed by atoms with Gasteiger partial charge in [-0.15, -0.1) is 0 Å². The van der Waals surface area contributed by atoms with E-state index >= 15 is 0 Å². The van der Waals surface area contributed by atoms with E-state index in [2.05, 4.69) is 6.92 Å². The van der Waals surface area contributed by atoms with Gasteiger partial charge < -0.3 is 5.11 Å². The molecule has 8 aliphatic rings. The third-order valence-electron chi connectivity index (χ3n) is 10.2. The quantitative estimate of drug-likeness (QED) is 0.636. The first-order chi connectivity index (χ1) is 13.0. The van der Waals surface area contributed by atoms with Crippen molar-refractivity contribution in [2.75, 3.05) is 0 Å². The summed E-state index contributed by atoms with van der Waals surface area (Å²) >= 11 is 0. The monoisotopic (exact) mass is 370 g/mol. The molecule has 0 saturated heterocycles. The molecule has 8 rings (SSSR count). The fourth-order valence-electron chi connectivity index (χ4n) is 9.92. The first kappa shape index (κ1) is 17.4. The van der Waals surface area contributed by atoms with Gasteiger partial charge in [0.15, 0.2) is 5.72 Å². The molecule has 8 saturated carbocycles. The van der Waals surface area contributed by atoms with Gasteiger partial charge in [0.2, 0.25) is 0 Å². The van der Waals surface area contributed by atoms with Crippen molar-refractivity contribution in [3.8, 4) is 0 Å². The maximum atomic E-state index is 11.4. The molecule has 1 N–H and O–H groups in total. The third-order valence-corrected chi connectivity index (χ3v) is 10.2. The number of aliphatic hydroxyl groups is 1. The van der Waals surface area contributed by atoms with Crippen LogP contribution in [0.5, 0.6) is 0 Å². The summed E-state index contributed by atoms with van der Waals surface area (Å²) in [5.41, 5.74) is -0.942. The lowest BCUT2D eigenvalue weighted by Gasteiger charge is -2.57. The molecular weight excluding hydrogens is 332 g/mol. The van der Waals surface area contributed by atoms with Gasteiger partial charge in [0, 0.05) is 5.92 Å². The number of hydrogen-bond acceptors (Lipinski definition) is 3. The van der Waals surface area contributed by atoms with Crippen LogP contribution in [0.2, 0.25) is 0 Å². The first-order valence-electron chi connectivity index (χ1n) is 12.1. The molecule has 0 aromatic heterocycles. The first-order valence-corrected chi connectivity index (χ1v) is 12.1. The molecule has 3 heteroatoms.